The van der Waals surface area contributed by atoms with Crippen LogP contribution in [0.1, 0.15) is 70.9 Å². The van der Waals surface area contributed by atoms with Crippen molar-refractivity contribution >= 4 is 41.3 Å². The van der Waals surface area contributed by atoms with Gasteiger partial charge in [-0.2, -0.15) is 4.37 Å². The molecule has 2 amide bonds. The van der Waals surface area contributed by atoms with Crippen LogP contribution < -0.4 is 5.32 Å². The summed E-state index contributed by atoms with van der Waals surface area (Å²) in [5.41, 5.74) is 1.01. The normalized spacial score (nSPS) is 23.0. The summed E-state index contributed by atoms with van der Waals surface area (Å²) in [4.78, 5) is 36.8. The Labute approximate surface area is 241 Å². The number of aromatic nitrogens is 2. The Kier molecular flexibility index (Phi) is 7.64. The predicted molar refractivity (Wildman–Crippen MR) is 150 cm³/mol. The van der Waals surface area contributed by atoms with E-state index in [1.54, 1.807) is 47.6 Å². The molecule has 41 heavy (non-hydrogen) atoms. The van der Waals surface area contributed by atoms with Crippen molar-refractivity contribution in [3.63, 3.8) is 0 Å². The van der Waals surface area contributed by atoms with Crippen LogP contribution in [-0.4, -0.2) is 68.8 Å². The van der Waals surface area contributed by atoms with Crippen LogP contribution >= 0.6 is 11.5 Å². The highest BCUT2D eigenvalue weighted by molar-refractivity contribution is 7.09. The Morgan fingerprint density at radius 1 is 1.24 bits per heavy atom. The van der Waals surface area contributed by atoms with Crippen LogP contribution in [0.5, 0.6) is 0 Å². The molecular formula is C28H34FN5O6S. The zero-order valence-electron chi connectivity index (χ0n) is 23.9. The van der Waals surface area contributed by atoms with Gasteiger partial charge in [-0.1, -0.05) is 6.58 Å². The zero-order valence-corrected chi connectivity index (χ0v) is 24.8. The largest absolute Gasteiger partial charge is 0.444 e. The minimum absolute atomic E-state index is 0.0829. The van der Waals surface area contributed by atoms with Gasteiger partial charge in [0.15, 0.2) is 17.9 Å². The SMILES string of the molecule is C=Cc1cc(-c2nc(/N=C3\CCOC[C@@H]3NC(=O)OC(C)(C)C)c(F)c3c2C2OC2N(C(=O)OC(C)(C)C)C3)sn1. The number of nitrogens with one attached hydrogen (secondary N) is 1. The lowest BCUT2D eigenvalue weighted by molar-refractivity contribution is 0.0132. The van der Waals surface area contributed by atoms with Crippen molar-refractivity contribution in [3.8, 4) is 10.6 Å². The number of aliphatic imine (C=N–C) groups is 1. The highest BCUT2D eigenvalue weighted by atomic mass is 32.1. The fraction of sp³-hybridized carbons (Fsp3) is 0.536. The number of alkyl carbamates (subject to hydrolysis) is 1. The summed E-state index contributed by atoms with van der Waals surface area (Å²) in [6.45, 7) is 14.8. The van der Waals surface area contributed by atoms with Crippen LogP contribution in [0.4, 0.5) is 19.8 Å². The number of rotatable bonds is 4. The highest BCUT2D eigenvalue weighted by Gasteiger charge is 2.55. The van der Waals surface area contributed by atoms with E-state index in [0.29, 0.717) is 40.6 Å². The van der Waals surface area contributed by atoms with Gasteiger partial charge in [-0.05, 0) is 65.2 Å². The Morgan fingerprint density at radius 3 is 2.63 bits per heavy atom. The summed E-state index contributed by atoms with van der Waals surface area (Å²) in [5, 5.41) is 2.77. The van der Waals surface area contributed by atoms with Crippen molar-refractivity contribution in [2.24, 2.45) is 4.99 Å². The van der Waals surface area contributed by atoms with Crippen molar-refractivity contribution in [2.45, 2.75) is 84.1 Å². The molecule has 0 saturated carbocycles. The summed E-state index contributed by atoms with van der Waals surface area (Å²) in [7, 11) is 0. The number of halogens is 1. The Hall–Kier alpha value is -3.42. The maximum absolute atomic E-state index is 16.3. The molecule has 3 atom stereocenters. The number of nitrogens with zero attached hydrogens (tertiary/aromatic N) is 4. The molecule has 13 heteroatoms. The molecule has 11 nitrogen and oxygen atoms in total. The van der Waals surface area contributed by atoms with E-state index >= 15 is 4.39 Å². The molecule has 0 aliphatic carbocycles. The number of carbonyl (C=O) groups excluding carboxylic acids is 2. The first-order valence-electron chi connectivity index (χ1n) is 13.4. The lowest BCUT2D eigenvalue weighted by Crippen LogP contribution is -2.48. The van der Waals surface area contributed by atoms with Crippen molar-refractivity contribution < 1.29 is 32.9 Å². The van der Waals surface area contributed by atoms with Gasteiger partial charge in [0.2, 0.25) is 0 Å². The third kappa shape index (κ3) is 6.41. The van der Waals surface area contributed by atoms with Gasteiger partial charge in [0, 0.05) is 23.3 Å². The molecule has 5 rings (SSSR count). The molecule has 1 N–H and O–H groups in total. The molecule has 0 aromatic carbocycles. The van der Waals surface area contributed by atoms with Crippen LogP contribution in [0.15, 0.2) is 17.6 Å². The van der Waals surface area contributed by atoms with E-state index in [4.69, 9.17) is 18.9 Å². The Balaban J connectivity index is 1.56. The minimum Gasteiger partial charge on any atom is -0.444 e. The number of fused-ring (bicyclic) bond motifs is 3. The third-order valence-electron chi connectivity index (χ3n) is 6.38. The van der Waals surface area contributed by atoms with Crippen molar-refractivity contribution in [2.75, 3.05) is 13.2 Å². The lowest BCUT2D eigenvalue weighted by atomic mass is 9.96. The molecule has 2 fully saturated rings. The molecular weight excluding hydrogens is 553 g/mol. The minimum atomic E-state index is -0.732. The van der Waals surface area contributed by atoms with Gasteiger partial charge in [-0.3, -0.25) is 4.90 Å². The highest BCUT2D eigenvalue weighted by Crippen LogP contribution is 2.52. The van der Waals surface area contributed by atoms with Crippen LogP contribution in [0.25, 0.3) is 16.6 Å². The molecule has 2 unspecified atom stereocenters. The monoisotopic (exact) mass is 587 g/mol. The van der Waals surface area contributed by atoms with Gasteiger partial charge in [0.05, 0.1) is 42.1 Å². The van der Waals surface area contributed by atoms with E-state index < -0.39 is 47.6 Å². The van der Waals surface area contributed by atoms with Crippen LogP contribution in [-0.2, 0) is 25.5 Å². The maximum Gasteiger partial charge on any atom is 0.412 e. The van der Waals surface area contributed by atoms with E-state index in [-0.39, 0.29) is 24.5 Å². The van der Waals surface area contributed by atoms with E-state index in [2.05, 4.69) is 26.2 Å². The van der Waals surface area contributed by atoms with Gasteiger partial charge < -0.3 is 24.3 Å². The van der Waals surface area contributed by atoms with Crippen LogP contribution in [0, 0.1) is 5.82 Å². The average Bonchev–Trinajstić information content (AvgIpc) is 3.52. The quantitative estimate of drug-likeness (QED) is 0.463. The number of epoxide rings is 1. The summed E-state index contributed by atoms with van der Waals surface area (Å²) in [6.07, 6.45) is -0.409. The van der Waals surface area contributed by atoms with Crippen molar-refractivity contribution in [1.29, 1.82) is 0 Å². The zero-order chi connectivity index (χ0) is 29.7. The number of ether oxygens (including phenoxy) is 4. The molecule has 0 bridgehead atoms. The second-order valence-corrected chi connectivity index (χ2v) is 12.8. The second kappa shape index (κ2) is 10.8. The molecule has 220 valence electrons. The fourth-order valence-corrected chi connectivity index (χ4v) is 5.37. The van der Waals surface area contributed by atoms with Crippen molar-refractivity contribution in [1.82, 2.24) is 19.6 Å². The lowest BCUT2D eigenvalue weighted by Gasteiger charge is -2.30. The number of hydrogen-bond donors (Lipinski definition) is 1. The summed E-state index contributed by atoms with van der Waals surface area (Å²) in [6, 6.07) is 1.18. The maximum atomic E-state index is 16.3. The molecule has 3 aliphatic heterocycles. The van der Waals surface area contributed by atoms with Crippen molar-refractivity contribution in [3.05, 3.63) is 35.3 Å². The standard InChI is InChI=1S/C28H34FN5O6S/c1-8-14-11-18(41-33-14)21-19-15(12-34(24-22(19)38-24)26(36)40-28(5,6)7)20(29)23(32-21)30-16-9-10-37-13-17(16)31-25(35)39-27(2,3)4/h8,11,17,22,24H,1,9-10,12-13H2,2-7H3,(H,31,35)/b30-16+/t17-,22?,24?/m0/s1. The van der Waals surface area contributed by atoms with E-state index in [0.717, 1.165) is 0 Å². The number of amides is 2. The van der Waals surface area contributed by atoms with Gasteiger partial charge in [-0.15, -0.1) is 0 Å². The smallest absolute Gasteiger partial charge is 0.412 e. The molecule has 3 aliphatic rings. The van der Waals surface area contributed by atoms with Gasteiger partial charge in [0.1, 0.15) is 17.3 Å². The van der Waals surface area contributed by atoms with Gasteiger partial charge >= 0.3 is 12.2 Å². The summed E-state index contributed by atoms with van der Waals surface area (Å²) in [5.74, 6) is -0.835. The second-order valence-electron chi connectivity index (χ2n) is 12.0. The number of hydrogen-bond acceptors (Lipinski definition) is 10. The van der Waals surface area contributed by atoms with Gasteiger partial charge in [0.25, 0.3) is 0 Å². The van der Waals surface area contributed by atoms with E-state index in [1.807, 2.05) is 6.07 Å². The van der Waals surface area contributed by atoms with Crippen LogP contribution in [0.3, 0.4) is 0 Å². The third-order valence-corrected chi connectivity index (χ3v) is 7.19. The topological polar surface area (TPSA) is 128 Å². The molecule has 0 radical (unpaired) electrons. The average molecular weight is 588 g/mol. The summed E-state index contributed by atoms with van der Waals surface area (Å²) < 4.78 is 43.0. The molecule has 5 heterocycles. The number of carbonyl (C=O) groups is 2. The predicted octanol–water partition coefficient (Wildman–Crippen LogP) is 5.52. The van der Waals surface area contributed by atoms with Gasteiger partial charge in [-0.25, -0.2) is 24.0 Å². The fourth-order valence-electron chi connectivity index (χ4n) is 4.63. The first-order chi connectivity index (χ1) is 19.2. The van der Waals surface area contributed by atoms with E-state index in [9.17, 15) is 9.59 Å². The molecule has 0 spiro atoms. The summed E-state index contributed by atoms with van der Waals surface area (Å²) >= 11 is 1.20. The Morgan fingerprint density at radius 2 is 1.98 bits per heavy atom. The Bertz CT molecular complexity index is 1410. The molecule has 2 aromatic heterocycles. The number of pyridine rings is 1. The first kappa shape index (κ1) is 29.1. The van der Waals surface area contributed by atoms with Crippen LogP contribution in [0.2, 0.25) is 0 Å². The molecule has 2 saturated heterocycles. The van der Waals surface area contributed by atoms with E-state index in [1.165, 1.54) is 16.4 Å². The molecule has 2 aromatic rings. The first-order valence-corrected chi connectivity index (χ1v) is 14.1.